The average molecular weight is 126 g/mol. The number of rotatable bonds is 3. The number of nitrogens with zero attached hydrogens (tertiary/aromatic N) is 1. The summed E-state index contributed by atoms with van der Waals surface area (Å²) in [5.74, 6) is 0. The van der Waals surface area contributed by atoms with Gasteiger partial charge in [-0.05, 0) is 20.3 Å². The van der Waals surface area contributed by atoms with Crippen LogP contribution in [0.2, 0.25) is 0 Å². The summed E-state index contributed by atoms with van der Waals surface area (Å²) in [4.78, 5) is 4.12. The molecule has 0 atom stereocenters. The van der Waals surface area contributed by atoms with Crippen molar-refractivity contribution in [3.05, 3.63) is 0 Å². The quantitative estimate of drug-likeness (QED) is 0.561. The van der Waals surface area contributed by atoms with E-state index in [1.165, 1.54) is 12.4 Å². The van der Waals surface area contributed by atoms with Gasteiger partial charge in [0.25, 0.3) is 0 Å². The van der Waals surface area contributed by atoms with E-state index in [0.29, 0.717) is 0 Å². The van der Waals surface area contributed by atoms with Gasteiger partial charge in [0.15, 0.2) is 0 Å². The lowest BCUT2D eigenvalue weighted by Gasteiger charge is -2.15. The molecule has 1 N–H and O–H groups in total. The molecule has 2 nitrogen and oxygen atoms in total. The van der Waals surface area contributed by atoms with Crippen LogP contribution in [0.3, 0.4) is 0 Å². The molecule has 0 fully saturated rings. The zero-order valence-electron chi connectivity index (χ0n) is 6.31. The first kappa shape index (κ1) is 8.34. The second-order valence-corrected chi connectivity index (χ2v) is 2.61. The van der Waals surface area contributed by atoms with Crippen LogP contribution in [0.25, 0.3) is 0 Å². The summed E-state index contributed by atoms with van der Waals surface area (Å²) in [6, 6.07) is 0. The van der Waals surface area contributed by atoms with Gasteiger partial charge in [-0.1, -0.05) is 6.92 Å². The fraction of sp³-hybridized carbons (Fsp3) is 0.714. The highest BCUT2D eigenvalue weighted by molar-refractivity contribution is 6.14. The molecule has 0 saturated carbocycles. The van der Waals surface area contributed by atoms with Gasteiger partial charge in [0.1, 0.15) is 0 Å². The molecule has 9 heavy (non-hydrogen) atoms. The Hall–Kier alpha value is -0.660. The van der Waals surface area contributed by atoms with E-state index in [4.69, 9.17) is 5.41 Å². The third-order valence-corrected chi connectivity index (χ3v) is 1.36. The lowest BCUT2D eigenvalue weighted by molar-refractivity contribution is 0.508. The van der Waals surface area contributed by atoms with Gasteiger partial charge in [0, 0.05) is 12.4 Å². The van der Waals surface area contributed by atoms with E-state index in [1.54, 1.807) is 0 Å². The number of nitrogens with one attached hydrogen (secondary N) is 1. The molecule has 0 radical (unpaired) electrons. The lowest BCUT2D eigenvalue weighted by atomic mass is 10.0. The van der Waals surface area contributed by atoms with Crippen molar-refractivity contribution < 1.29 is 0 Å². The van der Waals surface area contributed by atoms with E-state index in [1.807, 2.05) is 13.8 Å². The molecule has 0 spiro atoms. The maximum atomic E-state index is 6.68. The fourth-order valence-corrected chi connectivity index (χ4v) is 0.330. The standard InChI is InChI=1S/C7H14N2/c1-4-7(2,3)9-6-5-8/h5-6,8H,4H2,1-3H3. The normalized spacial score (nSPS) is 12.3. The van der Waals surface area contributed by atoms with Crippen LogP contribution in [-0.4, -0.2) is 18.0 Å². The molecule has 0 saturated heterocycles. The first-order valence-corrected chi connectivity index (χ1v) is 3.16. The zero-order valence-corrected chi connectivity index (χ0v) is 6.31. The largest absolute Gasteiger partial charge is 0.307 e. The minimum atomic E-state index is 0.0115. The van der Waals surface area contributed by atoms with Crippen molar-refractivity contribution in [3.63, 3.8) is 0 Å². The van der Waals surface area contributed by atoms with Gasteiger partial charge in [-0.3, -0.25) is 4.99 Å². The summed E-state index contributed by atoms with van der Waals surface area (Å²) in [7, 11) is 0. The van der Waals surface area contributed by atoms with Gasteiger partial charge in [0.05, 0.1) is 5.54 Å². The van der Waals surface area contributed by atoms with E-state index in [9.17, 15) is 0 Å². The smallest absolute Gasteiger partial charge is 0.0550 e. The van der Waals surface area contributed by atoms with E-state index in [2.05, 4.69) is 11.9 Å². The Bertz CT molecular complexity index is 114. The number of hydrogen-bond donors (Lipinski definition) is 1. The molecule has 0 unspecified atom stereocenters. The van der Waals surface area contributed by atoms with Crippen molar-refractivity contribution in [1.29, 1.82) is 5.41 Å². The molecule has 0 heterocycles. The van der Waals surface area contributed by atoms with E-state index in [-0.39, 0.29) is 5.54 Å². The summed E-state index contributed by atoms with van der Waals surface area (Å²) in [6.07, 6.45) is 3.75. The van der Waals surface area contributed by atoms with Gasteiger partial charge >= 0.3 is 0 Å². The Morgan fingerprint density at radius 3 is 2.44 bits per heavy atom. The highest BCUT2D eigenvalue weighted by Crippen LogP contribution is 2.11. The molecular weight excluding hydrogens is 112 g/mol. The number of hydrogen-bond acceptors (Lipinski definition) is 2. The van der Waals surface area contributed by atoms with Gasteiger partial charge in [-0.15, -0.1) is 0 Å². The molecule has 0 rings (SSSR count). The molecule has 0 aromatic rings. The molecule has 0 amide bonds. The predicted molar refractivity (Wildman–Crippen MR) is 41.6 cm³/mol. The Kier molecular flexibility index (Phi) is 3.13. The summed E-state index contributed by atoms with van der Waals surface area (Å²) in [6.45, 7) is 6.18. The monoisotopic (exact) mass is 126 g/mol. The summed E-state index contributed by atoms with van der Waals surface area (Å²) < 4.78 is 0. The Morgan fingerprint density at radius 2 is 2.11 bits per heavy atom. The van der Waals surface area contributed by atoms with Crippen LogP contribution in [0.15, 0.2) is 4.99 Å². The van der Waals surface area contributed by atoms with Gasteiger partial charge in [0.2, 0.25) is 0 Å². The molecular formula is C7H14N2. The minimum Gasteiger partial charge on any atom is -0.307 e. The Balaban J connectivity index is 3.84. The third kappa shape index (κ3) is 3.88. The van der Waals surface area contributed by atoms with Crippen LogP contribution in [0.5, 0.6) is 0 Å². The second kappa shape index (κ2) is 3.38. The minimum absolute atomic E-state index is 0.0115. The predicted octanol–water partition coefficient (Wildman–Crippen LogP) is 1.90. The van der Waals surface area contributed by atoms with Crippen molar-refractivity contribution in [3.8, 4) is 0 Å². The first-order chi connectivity index (χ1) is 4.12. The van der Waals surface area contributed by atoms with Crippen molar-refractivity contribution >= 4 is 12.4 Å². The Labute approximate surface area is 56.5 Å². The molecule has 0 aromatic heterocycles. The fourth-order valence-electron chi connectivity index (χ4n) is 0.330. The molecule has 0 aliphatic rings. The van der Waals surface area contributed by atoms with Gasteiger partial charge < -0.3 is 5.41 Å². The second-order valence-electron chi connectivity index (χ2n) is 2.61. The molecule has 0 aliphatic heterocycles. The van der Waals surface area contributed by atoms with Crippen LogP contribution in [0.4, 0.5) is 0 Å². The van der Waals surface area contributed by atoms with Crippen molar-refractivity contribution in [1.82, 2.24) is 0 Å². The summed E-state index contributed by atoms with van der Waals surface area (Å²) in [5.41, 5.74) is 0.0115. The van der Waals surface area contributed by atoms with Crippen LogP contribution >= 0.6 is 0 Å². The summed E-state index contributed by atoms with van der Waals surface area (Å²) in [5, 5.41) is 6.68. The average Bonchev–Trinajstić information content (AvgIpc) is 1.84. The molecule has 2 heteroatoms. The van der Waals surface area contributed by atoms with Crippen LogP contribution in [0, 0.1) is 5.41 Å². The Morgan fingerprint density at radius 1 is 1.56 bits per heavy atom. The third-order valence-electron chi connectivity index (χ3n) is 1.36. The van der Waals surface area contributed by atoms with Crippen LogP contribution in [0.1, 0.15) is 27.2 Å². The topological polar surface area (TPSA) is 36.2 Å². The zero-order chi connectivity index (χ0) is 7.33. The van der Waals surface area contributed by atoms with Crippen molar-refractivity contribution in [2.45, 2.75) is 32.7 Å². The van der Waals surface area contributed by atoms with Gasteiger partial charge in [-0.2, -0.15) is 0 Å². The SMILES string of the molecule is CCC(C)(C)N=CC=N. The first-order valence-electron chi connectivity index (χ1n) is 3.16. The van der Waals surface area contributed by atoms with Crippen molar-refractivity contribution in [2.24, 2.45) is 4.99 Å². The molecule has 0 aromatic carbocycles. The summed E-state index contributed by atoms with van der Waals surface area (Å²) >= 11 is 0. The van der Waals surface area contributed by atoms with E-state index < -0.39 is 0 Å². The molecule has 0 bridgehead atoms. The van der Waals surface area contributed by atoms with E-state index >= 15 is 0 Å². The highest BCUT2D eigenvalue weighted by atomic mass is 14.8. The van der Waals surface area contributed by atoms with E-state index in [0.717, 1.165) is 6.42 Å². The lowest BCUT2D eigenvalue weighted by Crippen LogP contribution is -2.14. The maximum absolute atomic E-state index is 6.68. The number of aliphatic imine (C=N–C) groups is 1. The molecule has 0 aliphatic carbocycles. The van der Waals surface area contributed by atoms with Crippen LogP contribution in [-0.2, 0) is 0 Å². The molecule has 52 valence electrons. The van der Waals surface area contributed by atoms with Crippen molar-refractivity contribution in [2.75, 3.05) is 0 Å². The highest BCUT2D eigenvalue weighted by Gasteiger charge is 2.09. The van der Waals surface area contributed by atoms with Crippen LogP contribution < -0.4 is 0 Å². The maximum Gasteiger partial charge on any atom is 0.0550 e. The van der Waals surface area contributed by atoms with Gasteiger partial charge in [-0.25, -0.2) is 0 Å².